The summed E-state index contributed by atoms with van der Waals surface area (Å²) in [6.45, 7) is 6.75. The number of carbonyl (C=O) groups excluding carboxylic acids is 1. The van der Waals surface area contributed by atoms with Crippen molar-refractivity contribution in [3.63, 3.8) is 0 Å². The molecule has 3 atom stereocenters. The molecule has 1 aliphatic heterocycles. The highest BCUT2D eigenvalue weighted by Gasteiger charge is 2.70. The lowest BCUT2D eigenvalue weighted by Gasteiger charge is -2.15. The maximum atomic E-state index is 11.4. The fourth-order valence-electron chi connectivity index (χ4n) is 3.02. The summed E-state index contributed by atoms with van der Waals surface area (Å²) in [6.07, 6.45) is 8.19. The minimum atomic E-state index is 0.00962. The average molecular weight is 208 g/mol. The third-order valence-corrected chi connectivity index (χ3v) is 4.07. The van der Waals surface area contributed by atoms with E-state index in [-0.39, 0.29) is 17.3 Å². The van der Waals surface area contributed by atoms with Gasteiger partial charge >= 0.3 is 5.97 Å². The Morgan fingerprint density at radius 3 is 2.87 bits per heavy atom. The van der Waals surface area contributed by atoms with Gasteiger partial charge in [0.15, 0.2) is 0 Å². The summed E-state index contributed by atoms with van der Waals surface area (Å²) in [7, 11) is 0. The summed E-state index contributed by atoms with van der Waals surface area (Å²) in [4.78, 5) is 11.4. The molecule has 2 fully saturated rings. The van der Waals surface area contributed by atoms with Crippen LogP contribution in [0.5, 0.6) is 0 Å². The summed E-state index contributed by atoms with van der Waals surface area (Å²) < 4.78 is 5.01. The maximum absolute atomic E-state index is 11.4. The van der Waals surface area contributed by atoms with Crippen LogP contribution < -0.4 is 0 Å². The number of fused-ring (bicyclic) bond motifs is 1. The molecule has 0 bridgehead atoms. The van der Waals surface area contributed by atoms with Gasteiger partial charge in [0.2, 0.25) is 0 Å². The molecule has 0 aromatic carbocycles. The lowest BCUT2D eigenvalue weighted by atomic mass is 9.93. The fraction of sp³-hybridized carbons (Fsp3) is 0.769. The number of cyclic esters (lactones) is 1. The lowest BCUT2D eigenvalue weighted by molar-refractivity contribution is -0.142. The van der Waals surface area contributed by atoms with Gasteiger partial charge in [-0.15, -0.1) is 6.58 Å². The SMILES string of the molecule is C=C[C@@]1(CCCCCC)C2C(=O)OC[C@H]21. The van der Waals surface area contributed by atoms with Gasteiger partial charge < -0.3 is 4.74 Å². The van der Waals surface area contributed by atoms with Crippen LogP contribution >= 0.6 is 0 Å². The highest BCUT2D eigenvalue weighted by atomic mass is 16.5. The normalized spacial score (nSPS) is 37.3. The molecular formula is C13H20O2. The van der Waals surface area contributed by atoms with Crippen molar-refractivity contribution in [2.75, 3.05) is 6.61 Å². The summed E-state index contributed by atoms with van der Waals surface area (Å²) in [5.41, 5.74) is 0.114. The van der Waals surface area contributed by atoms with Crippen LogP contribution in [0.4, 0.5) is 0 Å². The molecule has 2 nitrogen and oxygen atoms in total. The molecule has 1 aliphatic carbocycles. The lowest BCUT2D eigenvalue weighted by Crippen LogP contribution is -2.14. The molecule has 1 heterocycles. The molecule has 1 saturated heterocycles. The van der Waals surface area contributed by atoms with E-state index in [0.717, 1.165) is 6.42 Å². The number of hydrogen-bond donors (Lipinski definition) is 0. The van der Waals surface area contributed by atoms with E-state index in [0.29, 0.717) is 12.5 Å². The van der Waals surface area contributed by atoms with Crippen LogP contribution in [0, 0.1) is 17.3 Å². The predicted octanol–water partition coefficient (Wildman–Crippen LogP) is 2.93. The van der Waals surface area contributed by atoms with Gasteiger partial charge in [0.05, 0.1) is 12.5 Å². The number of carbonyl (C=O) groups is 1. The third kappa shape index (κ3) is 1.60. The Hall–Kier alpha value is -0.790. The van der Waals surface area contributed by atoms with Crippen LogP contribution in [0.1, 0.15) is 39.0 Å². The quantitative estimate of drug-likeness (QED) is 0.381. The van der Waals surface area contributed by atoms with E-state index < -0.39 is 0 Å². The van der Waals surface area contributed by atoms with Crippen LogP contribution in [0.25, 0.3) is 0 Å². The molecule has 15 heavy (non-hydrogen) atoms. The van der Waals surface area contributed by atoms with Crippen molar-refractivity contribution < 1.29 is 9.53 Å². The standard InChI is InChI=1S/C13H20O2/c1-3-5-6-7-8-13(4-2)10-9-15-12(14)11(10)13/h4,10-11H,2-3,5-9H2,1H3/t10-,11?,13+/m1/s1. The van der Waals surface area contributed by atoms with E-state index in [1.807, 2.05) is 6.08 Å². The van der Waals surface area contributed by atoms with E-state index in [1.54, 1.807) is 0 Å². The van der Waals surface area contributed by atoms with Gasteiger partial charge in [0, 0.05) is 11.3 Å². The fourth-order valence-corrected chi connectivity index (χ4v) is 3.02. The first-order valence-corrected chi connectivity index (χ1v) is 6.06. The Morgan fingerprint density at radius 2 is 2.33 bits per heavy atom. The Kier molecular flexibility index (Phi) is 2.85. The van der Waals surface area contributed by atoms with Crippen molar-refractivity contribution in [3.05, 3.63) is 12.7 Å². The largest absolute Gasteiger partial charge is 0.465 e. The van der Waals surface area contributed by atoms with E-state index >= 15 is 0 Å². The second-order valence-electron chi connectivity index (χ2n) is 4.84. The number of rotatable bonds is 6. The van der Waals surface area contributed by atoms with Crippen LogP contribution in [0.2, 0.25) is 0 Å². The molecule has 0 N–H and O–H groups in total. The van der Waals surface area contributed by atoms with E-state index in [1.165, 1.54) is 25.7 Å². The molecule has 0 aromatic rings. The van der Waals surface area contributed by atoms with Crippen LogP contribution in [-0.4, -0.2) is 12.6 Å². The van der Waals surface area contributed by atoms with Gasteiger partial charge in [-0.3, -0.25) is 4.79 Å². The van der Waals surface area contributed by atoms with E-state index in [4.69, 9.17) is 4.74 Å². The topological polar surface area (TPSA) is 26.3 Å². The van der Waals surface area contributed by atoms with Crippen LogP contribution in [0.3, 0.4) is 0 Å². The monoisotopic (exact) mass is 208 g/mol. The Morgan fingerprint density at radius 1 is 1.53 bits per heavy atom. The number of allylic oxidation sites excluding steroid dienone is 1. The molecule has 0 aromatic heterocycles. The van der Waals surface area contributed by atoms with Crippen molar-refractivity contribution in [1.29, 1.82) is 0 Å². The molecule has 2 aliphatic rings. The second-order valence-corrected chi connectivity index (χ2v) is 4.84. The average Bonchev–Trinajstić information content (AvgIpc) is 2.72. The highest BCUT2D eigenvalue weighted by molar-refractivity contribution is 5.81. The van der Waals surface area contributed by atoms with Gasteiger partial charge in [-0.25, -0.2) is 0 Å². The minimum absolute atomic E-state index is 0.00962. The first-order chi connectivity index (χ1) is 7.26. The first kappa shape index (κ1) is 10.7. The van der Waals surface area contributed by atoms with E-state index in [9.17, 15) is 4.79 Å². The molecular weight excluding hydrogens is 188 g/mol. The Balaban J connectivity index is 1.84. The zero-order valence-electron chi connectivity index (χ0n) is 9.50. The predicted molar refractivity (Wildman–Crippen MR) is 59.3 cm³/mol. The van der Waals surface area contributed by atoms with Gasteiger partial charge in [-0.1, -0.05) is 38.7 Å². The molecule has 84 valence electrons. The molecule has 0 amide bonds. The van der Waals surface area contributed by atoms with Crippen LogP contribution in [-0.2, 0) is 9.53 Å². The first-order valence-electron chi connectivity index (χ1n) is 6.06. The summed E-state index contributed by atoms with van der Waals surface area (Å²) in [5.74, 6) is 0.608. The van der Waals surface area contributed by atoms with Gasteiger partial charge in [0.1, 0.15) is 0 Å². The van der Waals surface area contributed by atoms with Crippen molar-refractivity contribution in [1.82, 2.24) is 0 Å². The summed E-state index contributed by atoms with van der Waals surface area (Å²) >= 11 is 0. The minimum Gasteiger partial charge on any atom is -0.465 e. The Bertz CT molecular complexity index is 272. The van der Waals surface area contributed by atoms with Crippen molar-refractivity contribution in [2.45, 2.75) is 39.0 Å². The smallest absolute Gasteiger partial charge is 0.310 e. The van der Waals surface area contributed by atoms with Crippen molar-refractivity contribution >= 4 is 5.97 Å². The highest BCUT2D eigenvalue weighted by Crippen LogP contribution is 2.65. The summed E-state index contributed by atoms with van der Waals surface area (Å²) in [6, 6.07) is 0. The van der Waals surface area contributed by atoms with Crippen molar-refractivity contribution in [2.24, 2.45) is 17.3 Å². The van der Waals surface area contributed by atoms with Crippen LogP contribution in [0.15, 0.2) is 12.7 Å². The molecule has 2 rings (SSSR count). The zero-order valence-corrected chi connectivity index (χ0v) is 9.50. The van der Waals surface area contributed by atoms with Gasteiger partial charge in [0.25, 0.3) is 0 Å². The van der Waals surface area contributed by atoms with E-state index in [2.05, 4.69) is 13.5 Å². The number of esters is 1. The number of ether oxygens (including phenoxy) is 1. The Labute approximate surface area is 91.7 Å². The molecule has 0 radical (unpaired) electrons. The summed E-state index contributed by atoms with van der Waals surface area (Å²) in [5, 5.41) is 0. The molecule has 1 saturated carbocycles. The van der Waals surface area contributed by atoms with Gasteiger partial charge in [-0.2, -0.15) is 0 Å². The van der Waals surface area contributed by atoms with Gasteiger partial charge in [-0.05, 0) is 6.42 Å². The molecule has 2 heteroatoms. The maximum Gasteiger partial charge on any atom is 0.310 e. The van der Waals surface area contributed by atoms with Crippen molar-refractivity contribution in [3.8, 4) is 0 Å². The number of hydrogen-bond acceptors (Lipinski definition) is 2. The third-order valence-electron chi connectivity index (χ3n) is 4.07. The molecule has 0 spiro atoms. The molecule has 1 unspecified atom stereocenters. The zero-order chi connectivity index (χ0) is 10.9. The number of unbranched alkanes of at least 4 members (excludes halogenated alkanes) is 3. The second kappa shape index (κ2) is 3.99.